The van der Waals surface area contributed by atoms with E-state index in [0.717, 1.165) is 10.1 Å². The molecule has 1 aromatic heterocycles. The van der Waals surface area contributed by atoms with Crippen LogP contribution in [-0.2, 0) is 0 Å². The van der Waals surface area contributed by atoms with Crippen LogP contribution in [0.3, 0.4) is 0 Å². The number of rotatable bonds is 3. The summed E-state index contributed by atoms with van der Waals surface area (Å²) in [5.74, 6) is 0.474. The molecule has 0 N–H and O–H groups in total. The van der Waals surface area contributed by atoms with Gasteiger partial charge in [-0.1, -0.05) is 29.8 Å². The molecule has 0 aliphatic heterocycles. The van der Waals surface area contributed by atoms with E-state index >= 15 is 0 Å². The zero-order chi connectivity index (χ0) is 14.1. The number of methoxy groups -OCH3 is 1. The largest absolute Gasteiger partial charge is 0.496 e. The number of carbonyl (C=O) groups excluding carboxylic acids is 1. The van der Waals surface area contributed by atoms with E-state index in [1.165, 1.54) is 11.3 Å². The van der Waals surface area contributed by atoms with E-state index in [9.17, 15) is 4.79 Å². The van der Waals surface area contributed by atoms with Crippen LogP contribution < -0.4 is 4.74 Å². The Kier molecular flexibility index (Phi) is 3.47. The molecule has 0 unspecified atom stereocenters. The maximum Gasteiger partial charge on any atom is 0.206 e. The van der Waals surface area contributed by atoms with Crippen LogP contribution in [0.2, 0.25) is 5.02 Å². The van der Waals surface area contributed by atoms with Gasteiger partial charge in [-0.25, -0.2) is 0 Å². The van der Waals surface area contributed by atoms with Crippen molar-refractivity contribution in [3.63, 3.8) is 0 Å². The molecule has 20 heavy (non-hydrogen) atoms. The third-order valence-electron chi connectivity index (χ3n) is 3.06. The second-order valence-corrected chi connectivity index (χ2v) is 5.84. The van der Waals surface area contributed by atoms with Crippen LogP contribution in [0.1, 0.15) is 15.2 Å². The SMILES string of the molecule is COc1ccc(Cl)cc1C(=O)c1cc2ccccc2s1. The molecule has 0 bridgehead atoms. The number of hydrogen-bond donors (Lipinski definition) is 0. The maximum atomic E-state index is 12.6. The Labute approximate surface area is 125 Å². The van der Waals surface area contributed by atoms with Gasteiger partial charge in [0.15, 0.2) is 0 Å². The first kappa shape index (κ1) is 13.2. The number of fused-ring (bicyclic) bond motifs is 1. The minimum Gasteiger partial charge on any atom is -0.496 e. The Morgan fingerprint density at radius 3 is 2.70 bits per heavy atom. The highest BCUT2D eigenvalue weighted by atomic mass is 35.5. The average molecular weight is 303 g/mol. The highest BCUT2D eigenvalue weighted by Crippen LogP contribution is 2.31. The van der Waals surface area contributed by atoms with Crippen LogP contribution in [0.25, 0.3) is 10.1 Å². The number of halogens is 1. The summed E-state index contributed by atoms with van der Waals surface area (Å²) in [5.41, 5.74) is 0.492. The fourth-order valence-electron chi connectivity index (χ4n) is 2.08. The van der Waals surface area contributed by atoms with E-state index in [1.54, 1.807) is 25.3 Å². The third-order valence-corrected chi connectivity index (χ3v) is 4.41. The minimum atomic E-state index is -0.0643. The van der Waals surface area contributed by atoms with Crippen LogP contribution in [-0.4, -0.2) is 12.9 Å². The Bertz CT molecular complexity index is 759. The van der Waals surface area contributed by atoms with Crippen molar-refractivity contribution < 1.29 is 9.53 Å². The zero-order valence-electron chi connectivity index (χ0n) is 10.7. The molecule has 0 atom stereocenters. The molecule has 0 spiro atoms. The normalized spacial score (nSPS) is 10.7. The van der Waals surface area contributed by atoms with Crippen molar-refractivity contribution in [2.75, 3.05) is 7.11 Å². The van der Waals surface area contributed by atoms with Gasteiger partial charge in [-0.05, 0) is 35.7 Å². The van der Waals surface area contributed by atoms with E-state index in [0.29, 0.717) is 21.2 Å². The van der Waals surface area contributed by atoms with Gasteiger partial charge in [-0.3, -0.25) is 4.79 Å². The van der Waals surface area contributed by atoms with Gasteiger partial charge in [-0.15, -0.1) is 11.3 Å². The summed E-state index contributed by atoms with van der Waals surface area (Å²) < 4.78 is 6.34. The lowest BCUT2D eigenvalue weighted by Crippen LogP contribution is -2.01. The smallest absolute Gasteiger partial charge is 0.206 e. The molecule has 3 rings (SSSR count). The standard InChI is InChI=1S/C16H11ClO2S/c1-19-13-7-6-11(17)9-12(13)16(18)15-8-10-4-2-3-5-14(10)20-15/h2-9H,1H3. The lowest BCUT2D eigenvalue weighted by molar-refractivity contribution is 0.103. The van der Waals surface area contributed by atoms with Gasteiger partial charge in [0.2, 0.25) is 5.78 Å². The van der Waals surface area contributed by atoms with Gasteiger partial charge in [0.25, 0.3) is 0 Å². The van der Waals surface area contributed by atoms with E-state index in [2.05, 4.69) is 0 Å². The fraction of sp³-hybridized carbons (Fsp3) is 0.0625. The van der Waals surface area contributed by atoms with Crippen molar-refractivity contribution >= 4 is 38.8 Å². The van der Waals surface area contributed by atoms with Crippen molar-refractivity contribution in [1.82, 2.24) is 0 Å². The van der Waals surface area contributed by atoms with E-state index in [-0.39, 0.29) is 5.78 Å². The monoisotopic (exact) mass is 302 g/mol. The van der Waals surface area contributed by atoms with Crippen molar-refractivity contribution in [3.8, 4) is 5.75 Å². The van der Waals surface area contributed by atoms with E-state index < -0.39 is 0 Å². The van der Waals surface area contributed by atoms with Crippen molar-refractivity contribution in [2.24, 2.45) is 0 Å². The summed E-state index contributed by atoms with van der Waals surface area (Å²) in [6.07, 6.45) is 0. The molecule has 4 heteroatoms. The maximum absolute atomic E-state index is 12.6. The lowest BCUT2D eigenvalue weighted by atomic mass is 10.1. The molecule has 1 heterocycles. The number of carbonyl (C=O) groups is 1. The molecule has 0 saturated carbocycles. The second-order valence-electron chi connectivity index (χ2n) is 4.32. The fourth-order valence-corrected chi connectivity index (χ4v) is 3.27. The van der Waals surface area contributed by atoms with Gasteiger partial charge in [0.1, 0.15) is 5.75 Å². The molecule has 3 aromatic rings. The molecule has 0 radical (unpaired) electrons. The van der Waals surface area contributed by atoms with Crippen LogP contribution in [0, 0.1) is 0 Å². The number of ketones is 1. The molecule has 0 aliphatic rings. The molecular formula is C16H11ClO2S. The van der Waals surface area contributed by atoms with Gasteiger partial charge < -0.3 is 4.74 Å². The number of hydrogen-bond acceptors (Lipinski definition) is 3. The Hall–Kier alpha value is -1.84. The Balaban J connectivity index is 2.10. The summed E-state index contributed by atoms with van der Waals surface area (Å²) in [6, 6.07) is 14.9. The number of benzene rings is 2. The lowest BCUT2D eigenvalue weighted by Gasteiger charge is -2.06. The third kappa shape index (κ3) is 2.30. The minimum absolute atomic E-state index is 0.0643. The van der Waals surface area contributed by atoms with Gasteiger partial charge in [-0.2, -0.15) is 0 Å². The molecule has 2 nitrogen and oxygen atoms in total. The topological polar surface area (TPSA) is 26.3 Å². The van der Waals surface area contributed by atoms with Crippen LogP contribution in [0.4, 0.5) is 0 Å². The first-order chi connectivity index (χ1) is 9.69. The molecule has 100 valence electrons. The molecule has 0 fully saturated rings. The Morgan fingerprint density at radius 1 is 1.15 bits per heavy atom. The first-order valence-electron chi connectivity index (χ1n) is 6.06. The van der Waals surface area contributed by atoms with E-state index in [1.807, 2.05) is 30.3 Å². The Morgan fingerprint density at radius 2 is 1.95 bits per heavy atom. The molecule has 0 aliphatic carbocycles. The van der Waals surface area contributed by atoms with E-state index in [4.69, 9.17) is 16.3 Å². The predicted octanol–water partition coefficient (Wildman–Crippen LogP) is 4.79. The van der Waals surface area contributed by atoms with Crippen molar-refractivity contribution in [1.29, 1.82) is 0 Å². The molecule has 0 amide bonds. The van der Waals surface area contributed by atoms with Crippen LogP contribution in [0.5, 0.6) is 5.75 Å². The van der Waals surface area contributed by atoms with Crippen molar-refractivity contribution in [3.05, 3.63) is 64.0 Å². The summed E-state index contributed by atoms with van der Waals surface area (Å²) >= 11 is 7.46. The van der Waals surface area contributed by atoms with Crippen LogP contribution in [0.15, 0.2) is 48.5 Å². The summed E-state index contributed by atoms with van der Waals surface area (Å²) in [4.78, 5) is 13.3. The van der Waals surface area contributed by atoms with Gasteiger partial charge in [0.05, 0.1) is 17.6 Å². The predicted molar refractivity (Wildman–Crippen MR) is 83.3 cm³/mol. The zero-order valence-corrected chi connectivity index (χ0v) is 12.3. The van der Waals surface area contributed by atoms with Gasteiger partial charge >= 0.3 is 0 Å². The highest BCUT2D eigenvalue weighted by Gasteiger charge is 2.17. The summed E-state index contributed by atoms with van der Waals surface area (Å²) in [7, 11) is 1.55. The highest BCUT2D eigenvalue weighted by molar-refractivity contribution is 7.21. The van der Waals surface area contributed by atoms with Gasteiger partial charge in [0, 0.05) is 9.72 Å². The quantitative estimate of drug-likeness (QED) is 0.650. The number of thiophene rings is 1. The molecular weight excluding hydrogens is 292 g/mol. The molecule has 0 saturated heterocycles. The van der Waals surface area contributed by atoms with Crippen molar-refractivity contribution in [2.45, 2.75) is 0 Å². The van der Waals surface area contributed by atoms with Crippen LogP contribution >= 0.6 is 22.9 Å². The summed E-state index contributed by atoms with van der Waals surface area (Å²) in [5, 5.41) is 1.59. The number of ether oxygens (including phenoxy) is 1. The summed E-state index contributed by atoms with van der Waals surface area (Å²) in [6.45, 7) is 0. The first-order valence-corrected chi connectivity index (χ1v) is 7.25. The molecule has 2 aromatic carbocycles. The second kappa shape index (κ2) is 5.27. The average Bonchev–Trinajstić information content (AvgIpc) is 2.90.